The molecular weight excluding hydrogens is 801 g/mol. The van der Waals surface area contributed by atoms with E-state index in [2.05, 4.69) is 43.1 Å². The third-order valence-corrected chi connectivity index (χ3v) is 10.4. The van der Waals surface area contributed by atoms with Gasteiger partial charge in [0.2, 0.25) is 35.1 Å². The summed E-state index contributed by atoms with van der Waals surface area (Å²) in [5, 5.41) is 0. The molecule has 4 aromatic rings. The summed E-state index contributed by atoms with van der Waals surface area (Å²) in [5.41, 5.74) is -0.322. The quantitative estimate of drug-likeness (QED) is 0.0600. The van der Waals surface area contributed by atoms with E-state index < -0.39 is 64.8 Å². The number of benzene rings is 2. The molecular formula is C36H32N8O12S2. The molecule has 0 bridgehead atoms. The van der Waals surface area contributed by atoms with Crippen molar-refractivity contribution in [2.24, 2.45) is 0 Å². The first kappa shape index (κ1) is 41.3. The van der Waals surface area contributed by atoms with Crippen molar-refractivity contribution >= 4 is 67.4 Å². The molecule has 0 atom stereocenters. The van der Waals surface area contributed by atoms with Crippen molar-refractivity contribution < 1.29 is 54.6 Å². The summed E-state index contributed by atoms with van der Waals surface area (Å²) in [6, 6.07) is 7.20. The van der Waals surface area contributed by atoms with E-state index in [4.69, 9.17) is 9.47 Å². The number of morpholine rings is 2. The van der Waals surface area contributed by atoms with E-state index in [0.717, 1.165) is 36.4 Å². The molecule has 2 aliphatic rings. The molecule has 2 N–H and O–H groups in total. The van der Waals surface area contributed by atoms with Crippen LogP contribution in [-0.2, 0) is 39.3 Å². The number of Topliss-reactive ketones (excluding diaryl/α,β-unsaturated/α-hetero) is 2. The van der Waals surface area contributed by atoms with E-state index in [0.29, 0.717) is 52.6 Å². The third-order valence-electron chi connectivity index (χ3n) is 8.60. The molecule has 4 heterocycles. The Bertz CT molecular complexity index is 2440. The lowest BCUT2D eigenvalue weighted by Crippen LogP contribution is -2.38. The molecule has 2 fully saturated rings. The molecule has 2 saturated heterocycles. The number of rotatable bonds is 14. The van der Waals surface area contributed by atoms with Crippen LogP contribution in [0.1, 0.15) is 32.4 Å². The van der Waals surface area contributed by atoms with Gasteiger partial charge in [-0.1, -0.05) is 49.6 Å². The van der Waals surface area contributed by atoms with Crippen molar-refractivity contribution in [3.05, 3.63) is 84.5 Å². The largest absolute Gasteiger partial charge is 0.378 e. The topological polar surface area (TPSA) is 279 Å². The maximum absolute atomic E-state index is 12.8. The Morgan fingerprint density at radius 1 is 0.586 bits per heavy atom. The Morgan fingerprint density at radius 3 is 1.28 bits per heavy atom. The molecule has 0 amide bonds. The zero-order chi connectivity index (χ0) is 41.8. The molecule has 6 rings (SSSR count). The fourth-order valence-electron chi connectivity index (χ4n) is 5.65. The van der Waals surface area contributed by atoms with Crippen LogP contribution < -0.4 is 9.80 Å². The van der Waals surface area contributed by atoms with Gasteiger partial charge in [0, 0.05) is 37.3 Å². The summed E-state index contributed by atoms with van der Waals surface area (Å²) in [4.78, 5) is 77.1. The highest BCUT2D eigenvalue weighted by molar-refractivity contribution is 7.86. The van der Waals surface area contributed by atoms with Crippen molar-refractivity contribution in [1.82, 2.24) is 29.9 Å². The summed E-state index contributed by atoms with van der Waals surface area (Å²) < 4.78 is 82.0. The van der Waals surface area contributed by atoms with Gasteiger partial charge in [-0.3, -0.25) is 28.3 Å². The number of ketones is 4. The Morgan fingerprint density at radius 2 is 0.948 bits per heavy atom. The monoisotopic (exact) mass is 832 g/mol. The summed E-state index contributed by atoms with van der Waals surface area (Å²) in [5.74, 6) is -5.63. The van der Waals surface area contributed by atoms with Gasteiger partial charge in [0.1, 0.15) is 9.79 Å². The lowest BCUT2D eigenvalue weighted by molar-refractivity contribution is -0.111. The van der Waals surface area contributed by atoms with Crippen molar-refractivity contribution in [1.29, 1.82) is 0 Å². The van der Waals surface area contributed by atoms with E-state index in [1.165, 1.54) is 24.3 Å². The molecule has 2 aromatic heterocycles. The van der Waals surface area contributed by atoms with Crippen LogP contribution in [-0.4, -0.2) is 132 Å². The van der Waals surface area contributed by atoms with Crippen molar-refractivity contribution in [2.45, 2.75) is 9.79 Å². The number of aromatic nitrogens is 6. The van der Waals surface area contributed by atoms with Gasteiger partial charge in [-0.2, -0.15) is 36.8 Å². The first-order valence-corrected chi connectivity index (χ1v) is 20.0. The van der Waals surface area contributed by atoms with Crippen molar-refractivity contribution in [2.75, 3.05) is 62.4 Å². The van der Waals surface area contributed by atoms with Crippen LogP contribution in [0.5, 0.6) is 0 Å². The molecule has 2 aliphatic heterocycles. The molecule has 0 radical (unpaired) electrons. The second kappa shape index (κ2) is 17.1. The number of anilines is 2. The fraction of sp³-hybridized carbons (Fsp3) is 0.222. The summed E-state index contributed by atoms with van der Waals surface area (Å²) >= 11 is 0. The van der Waals surface area contributed by atoms with Crippen LogP contribution in [0.15, 0.2) is 71.5 Å². The first-order valence-electron chi connectivity index (χ1n) is 17.1. The SMILES string of the molecule is C=CC(=O)C(=O)c1nc(-c2ccc(/C=C/c3ccc(-c4nc(C(=O)C(=O)C=C)nc(N5CCOCC5)n4)cc3S(=O)(=O)O)c(S(=O)(=O)O)c2)nc(N2CCOCC2)n1. The highest BCUT2D eigenvalue weighted by atomic mass is 32.2. The molecule has 2 aromatic carbocycles. The number of carbonyl (C=O) groups is 4. The Balaban J connectivity index is 1.41. The molecule has 0 saturated carbocycles. The number of carbonyl (C=O) groups excluding carboxylic acids is 4. The third kappa shape index (κ3) is 9.28. The fourth-order valence-corrected chi connectivity index (χ4v) is 7.07. The van der Waals surface area contributed by atoms with Gasteiger partial charge >= 0.3 is 0 Å². The standard InChI is InChI=1S/C36H32N8O12S2/c1-3-25(45)29(47)33-37-31(39-35(41-33)43-11-15-55-16-12-43)23-9-7-21(27(19-23)57(49,50)51)5-6-22-8-10-24(20-28(22)58(52,53)54)32-38-34(30(48)26(46)4-2)42-36(40-32)44-13-17-56-18-14-44/h3-10,19-20H,1-2,11-18H2,(H,49,50,51)(H,52,53,54)/b6-5+. The predicted molar refractivity (Wildman–Crippen MR) is 204 cm³/mol. The van der Waals surface area contributed by atoms with Gasteiger partial charge in [0.15, 0.2) is 11.6 Å². The van der Waals surface area contributed by atoms with Crippen LogP contribution in [0.2, 0.25) is 0 Å². The van der Waals surface area contributed by atoms with Gasteiger partial charge in [-0.25, -0.2) is 9.97 Å². The predicted octanol–water partition coefficient (Wildman–Crippen LogP) is 1.60. The molecule has 0 unspecified atom stereocenters. The smallest absolute Gasteiger partial charge is 0.295 e. The van der Waals surface area contributed by atoms with Crippen molar-refractivity contribution in [3.8, 4) is 22.8 Å². The van der Waals surface area contributed by atoms with Crippen LogP contribution in [0.4, 0.5) is 11.9 Å². The molecule has 22 heteroatoms. The number of ether oxygens (including phenoxy) is 2. The minimum Gasteiger partial charge on any atom is -0.378 e. The molecule has 20 nitrogen and oxygen atoms in total. The van der Waals surface area contributed by atoms with Crippen LogP contribution >= 0.6 is 0 Å². The Labute approximate surface area is 330 Å². The van der Waals surface area contributed by atoms with Gasteiger partial charge in [0.05, 0.1) is 26.4 Å². The average molecular weight is 833 g/mol. The normalized spacial score (nSPS) is 14.9. The second-order valence-corrected chi connectivity index (χ2v) is 15.1. The van der Waals surface area contributed by atoms with Crippen LogP contribution in [0, 0.1) is 0 Å². The molecule has 0 aliphatic carbocycles. The van der Waals surface area contributed by atoms with Crippen LogP contribution in [0.25, 0.3) is 34.9 Å². The minimum absolute atomic E-state index is 0.00814. The summed E-state index contributed by atoms with van der Waals surface area (Å²) in [6.07, 6.45) is 3.89. The van der Waals surface area contributed by atoms with Gasteiger partial charge in [0.25, 0.3) is 31.8 Å². The van der Waals surface area contributed by atoms with Gasteiger partial charge < -0.3 is 19.3 Å². The highest BCUT2D eigenvalue weighted by Gasteiger charge is 2.26. The minimum atomic E-state index is -5.00. The van der Waals surface area contributed by atoms with Crippen molar-refractivity contribution in [3.63, 3.8) is 0 Å². The van der Waals surface area contributed by atoms with E-state index in [1.807, 2.05) is 0 Å². The number of nitrogens with zero attached hydrogens (tertiary/aromatic N) is 8. The van der Waals surface area contributed by atoms with E-state index in [1.54, 1.807) is 9.80 Å². The Kier molecular flexibility index (Phi) is 12.2. The second-order valence-electron chi connectivity index (χ2n) is 12.3. The van der Waals surface area contributed by atoms with E-state index >= 15 is 0 Å². The van der Waals surface area contributed by atoms with Gasteiger partial charge in [-0.05, 0) is 35.4 Å². The summed E-state index contributed by atoms with van der Waals surface area (Å²) in [7, 11) is -10.0. The average Bonchev–Trinajstić information content (AvgIpc) is 3.24. The Hall–Kier alpha value is -6.30. The zero-order valence-corrected chi connectivity index (χ0v) is 31.8. The maximum Gasteiger partial charge on any atom is 0.295 e. The number of allylic oxidation sites excluding steroid dienone is 2. The highest BCUT2D eigenvalue weighted by Crippen LogP contribution is 2.29. The molecule has 300 valence electrons. The first-order chi connectivity index (χ1) is 27.6. The zero-order valence-electron chi connectivity index (χ0n) is 30.2. The number of hydrogen-bond acceptors (Lipinski definition) is 18. The van der Waals surface area contributed by atoms with Crippen LogP contribution in [0.3, 0.4) is 0 Å². The lowest BCUT2D eigenvalue weighted by Gasteiger charge is -2.27. The van der Waals surface area contributed by atoms with E-state index in [-0.39, 0.29) is 45.8 Å². The van der Waals surface area contributed by atoms with E-state index in [9.17, 15) is 45.1 Å². The summed E-state index contributed by atoms with van der Waals surface area (Å²) in [6.45, 7) is 9.23. The number of hydrogen-bond donors (Lipinski definition) is 2. The molecule has 0 spiro atoms. The lowest BCUT2D eigenvalue weighted by atomic mass is 10.1. The maximum atomic E-state index is 12.8. The van der Waals surface area contributed by atoms with Gasteiger partial charge in [-0.15, -0.1) is 0 Å². The molecule has 58 heavy (non-hydrogen) atoms.